The lowest BCUT2D eigenvalue weighted by molar-refractivity contribution is -0.111. The Hall–Kier alpha value is -3.36. The fraction of sp³-hybridized carbons (Fsp3) is 0.167. The van der Waals surface area contributed by atoms with Gasteiger partial charge in [-0.1, -0.05) is 53.2 Å². The standard InChI is InChI=1S/C24H21ClN4O3S/c1-3-29-23(27-28-24(29)33-14-17-6-4-5-7-19(17)25)26-21(30)11-9-16-13-32-20-10-8-15(2)12-18(20)22(16)31/h4-13H,3,14H2,1-2H3,(H,26,27,30)/b11-9+. The molecule has 2 aromatic heterocycles. The Morgan fingerprint density at radius 1 is 1.24 bits per heavy atom. The van der Waals surface area contributed by atoms with Gasteiger partial charge >= 0.3 is 0 Å². The number of halogens is 1. The second-order valence-electron chi connectivity index (χ2n) is 7.27. The molecule has 0 radical (unpaired) electrons. The number of benzene rings is 2. The van der Waals surface area contributed by atoms with Crippen LogP contribution < -0.4 is 10.7 Å². The minimum atomic E-state index is -0.427. The molecular formula is C24H21ClN4O3S. The minimum Gasteiger partial charge on any atom is -0.463 e. The summed E-state index contributed by atoms with van der Waals surface area (Å²) in [5, 5.41) is 12.8. The van der Waals surface area contributed by atoms with Crippen LogP contribution >= 0.6 is 23.4 Å². The van der Waals surface area contributed by atoms with Crippen LogP contribution in [0.5, 0.6) is 0 Å². The third kappa shape index (κ3) is 5.18. The number of hydrogen-bond donors (Lipinski definition) is 1. The molecule has 9 heteroatoms. The molecule has 0 unspecified atom stereocenters. The number of carbonyl (C=O) groups is 1. The molecular weight excluding hydrogens is 460 g/mol. The van der Waals surface area contributed by atoms with Gasteiger partial charge in [-0.3, -0.25) is 19.5 Å². The van der Waals surface area contributed by atoms with E-state index < -0.39 is 5.91 Å². The van der Waals surface area contributed by atoms with Crippen molar-refractivity contribution in [3.05, 3.63) is 86.7 Å². The van der Waals surface area contributed by atoms with Gasteiger partial charge in [-0.15, -0.1) is 10.2 Å². The smallest absolute Gasteiger partial charge is 0.250 e. The lowest BCUT2D eigenvalue weighted by Crippen LogP contribution is -2.14. The molecule has 0 aliphatic rings. The van der Waals surface area contributed by atoms with Crippen molar-refractivity contribution < 1.29 is 9.21 Å². The third-order valence-corrected chi connectivity index (χ3v) is 6.34. The first-order chi connectivity index (χ1) is 16.0. The van der Waals surface area contributed by atoms with Crippen molar-refractivity contribution in [1.29, 1.82) is 0 Å². The van der Waals surface area contributed by atoms with E-state index in [1.807, 2.05) is 44.2 Å². The molecule has 2 heterocycles. The Morgan fingerprint density at radius 3 is 2.85 bits per heavy atom. The van der Waals surface area contributed by atoms with Gasteiger partial charge < -0.3 is 4.42 Å². The van der Waals surface area contributed by atoms with Crippen molar-refractivity contribution in [3.8, 4) is 0 Å². The van der Waals surface area contributed by atoms with Gasteiger partial charge in [-0.25, -0.2) is 0 Å². The van der Waals surface area contributed by atoms with E-state index in [1.54, 1.807) is 16.7 Å². The van der Waals surface area contributed by atoms with E-state index in [9.17, 15) is 9.59 Å². The zero-order chi connectivity index (χ0) is 23.4. The van der Waals surface area contributed by atoms with Crippen molar-refractivity contribution in [2.45, 2.75) is 31.3 Å². The molecule has 4 rings (SSSR count). The molecule has 0 saturated carbocycles. The summed E-state index contributed by atoms with van der Waals surface area (Å²) in [5.41, 5.74) is 2.55. The molecule has 0 spiro atoms. The molecule has 168 valence electrons. The second kappa shape index (κ2) is 10.1. The third-order valence-electron chi connectivity index (χ3n) is 4.95. The fourth-order valence-electron chi connectivity index (χ4n) is 3.22. The van der Waals surface area contributed by atoms with E-state index in [2.05, 4.69) is 15.5 Å². The monoisotopic (exact) mass is 480 g/mol. The number of amides is 1. The first-order valence-corrected chi connectivity index (χ1v) is 11.6. The number of hydrogen-bond acceptors (Lipinski definition) is 6. The summed E-state index contributed by atoms with van der Waals surface area (Å²) in [5.74, 6) is 0.529. The van der Waals surface area contributed by atoms with Crippen molar-refractivity contribution in [1.82, 2.24) is 14.8 Å². The van der Waals surface area contributed by atoms with Gasteiger partial charge in [0.25, 0.3) is 5.91 Å². The average Bonchev–Trinajstić information content (AvgIpc) is 3.19. The number of nitrogens with one attached hydrogen (secondary N) is 1. The van der Waals surface area contributed by atoms with Crippen LogP contribution in [0, 0.1) is 6.92 Å². The fourth-order valence-corrected chi connectivity index (χ4v) is 4.51. The summed E-state index contributed by atoms with van der Waals surface area (Å²) in [6, 6.07) is 13.0. The molecule has 0 saturated heterocycles. The average molecular weight is 481 g/mol. The Kier molecular flexibility index (Phi) is 6.96. The molecule has 2 aromatic carbocycles. The molecule has 0 bridgehead atoms. The van der Waals surface area contributed by atoms with Crippen LogP contribution in [-0.2, 0) is 17.1 Å². The van der Waals surface area contributed by atoms with E-state index in [-0.39, 0.29) is 11.0 Å². The molecule has 0 aliphatic carbocycles. The van der Waals surface area contributed by atoms with Crippen LogP contribution in [0.15, 0.2) is 69.2 Å². The molecule has 1 amide bonds. The maximum absolute atomic E-state index is 12.7. The van der Waals surface area contributed by atoms with Gasteiger partial charge in [-0.05, 0) is 43.7 Å². The van der Waals surface area contributed by atoms with E-state index in [1.165, 1.54) is 30.2 Å². The van der Waals surface area contributed by atoms with Crippen LogP contribution in [0.4, 0.5) is 5.95 Å². The summed E-state index contributed by atoms with van der Waals surface area (Å²) in [7, 11) is 0. The van der Waals surface area contributed by atoms with Crippen LogP contribution in [0.25, 0.3) is 17.0 Å². The van der Waals surface area contributed by atoms with Crippen molar-refractivity contribution in [2.75, 3.05) is 5.32 Å². The highest BCUT2D eigenvalue weighted by molar-refractivity contribution is 7.98. The highest BCUT2D eigenvalue weighted by Crippen LogP contribution is 2.27. The Labute approximate surface area is 199 Å². The highest BCUT2D eigenvalue weighted by Gasteiger charge is 2.14. The van der Waals surface area contributed by atoms with Crippen molar-refractivity contribution in [3.63, 3.8) is 0 Å². The summed E-state index contributed by atoms with van der Waals surface area (Å²) in [6.07, 6.45) is 4.06. The second-order valence-corrected chi connectivity index (χ2v) is 8.62. The molecule has 0 atom stereocenters. The molecule has 0 aliphatic heterocycles. The quantitative estimate of drug-likeness (QED) is 0.285. The number of aromatic nitrogens is 3. The summed E-state index contributed by atoms with van der Waals surface area (Å²) in [6.45, 7) is 4.42. The van der Waals surface area contributed by atoms with Crippen LogP contribution in [0.1, 0.15) is 23.6 Å². The SMILES string of the molecule is CCn1c(NC(=O)/C=C/c2coc3ccc(C)cc3c2=O)nnc1SCc1ccccc1Cl. The maximum Gasteiger partial charge on any atom is 0.250 e. The Morgan fingerprint density at radius 2 is 2.06 bits per heavy atom. The van der Waals surface area contributed by atoms with Gasteiger partial charge in [-0.2, -0.15) is 0 Å². The molecule has 1 N–H and O–H groups in total. The van der Waals surface area contributed by atoms with Crippen molar-refractivity contribution in [2.24, 2.45) is 0 Å². The lowest BCUT2D eigenvalue weighted by atomic mass is 10.1. The maximum atomic E-state index is 12.7. The van der Waals surface area contributed by atoms with E-state index >= 15 is 0 Å². The summed E-state index contributed by atoms with van der Waals surface area (Å²) < 4.78 is 7.33. The van der Waals surface area contributed by atoms with Gasteiger partial charge in [0.1, 0.15) is 11.8 Å². The molecule has 7 nitrogen and oxygen atoms in total. The highest BCUT2D eigenvalue weighted by atomic mass is 35.5. The number of anilines is 1. The summed E-state index contributed by atoms with van der Waals surface area (Å²) in [4.78, 5) is 25.2. The number of rotatable bonds is 7. The predicted octanol–water partition coefficient (Wildman–Crippen LogP) is 5.31. The first kappa shape index (κ1) is 22.8. The van der Waals surface area contributed by atoms with Crippen LogP contribution in [0.2, 0.25) is 5.02 Å². The topological polar surface area (TPSA) is 90.0 Å². The van der Waals surface area contributed by atoms with Gasteiger partial charge in [0.15, 0.2) is 10.6 Å². The normalized spacial score (nSPS) is 11.4. The molecule has 4 aromatic rings. The number of aryl methyl sites for hydroxylation is 1. The van der Waals surface area contributed by atoms with Gasteiger partial charge in [0.05, 0.1) is 10.9 Å². The lowest BCUT2D eigenvalue weighted by Gasteiger charge is -2.08. The molecule has 0 fully saturated rings. The number of nitrogens with zero attached hydrogens (tertiary/aromatic N) is 3. The van der Waals surface area contributed by atoms with E-state index in [4.69, 9.17) is 16.0 Å². The summed E-state index contributed by atoms with van der Waals surface area (Å²) >= 11 is 7.71. The van der Waals surface area contributed by atoms with Crippen LogP contribution in [-0.4, -0.2) is 20.7 Å². The minimum absolute atomic E-state index is 0.195. The zero-order valence-corrected chi connectivity index (χ0v) is 19.6. The number of fused-ring (bicyclic) bond motifs is 1. The zero-order valence-electron chi connectivity index (χ0n) is 18.0. The largest absolute Gasteiger partial charge is 0.463 e. The number of carbonyl (C=O) groups excluding carboxylic acids is 1. The van der Waals surface area contributed by atoms with Gasteiger partial charge in [0, 0.05) is 23.4 Å². The van der Waals surface area contributed by atoms with E-state index in [0.717, 1.165) is 11.1 Å². The Balaban J connectivity index is 1.47. The van der Waals surface area contributed by atoms with Crippen molar-refractivity contribution >= 4 is 52.3 Å². The van der Waals surface area contributed by atoms with Gasteiger partial charge in [0.2, 0.25) is 5.95 Å². The molecule has 33 heavy (non-hydrogen) atoms. The van der Waals surface area contributed by atoms with Crippen LogP contribution in [0.3, 0.4) is 0 Å². The number of thioether (sulfide) groups is 1. The first-order valence-electron chi connectivity index (χ1n) is 10.3. The Bertz CT molecular complexity index is 1410. The van der Waals surface area contributed by atoms with E-state index in [0.29, 0.717) is 39.4 Å². The predicted molar refractivity (Wildman–Crippen MR) is 132 cm³/mol.